The summed E-state index contributed by atoms with van der Waals surface area (Å²) in [7, 11) is 0. The van der Waals surface area contributed by atoms with Gasteiger partial charge in [-0.25, -0.2) is 0 Å². The molecule has 0 spiro atoms. The standard InChI is InChI=1S/C21H25N3O2S/c1-2-12-26-20-5-3-4-18(15-20)23-21(27)22-16-17-6-8-19(9-7-17)24-10-13-25-14-11-24/h2-9,15H,1,10-14,16H2,(H2,22,23,27). The number of morpholine rings is 1. The summed E-state index contributed by atoms with van der Waals surface area (Å²) >= 11 is 5.39. The molecule has 2 N–H and O–H groups in total. The second-order valence-corrected chi connectivity index (χ2v) is 6.61. The third-order valence-electron chi connectivity index (χ3n) is 4.23. The van der Waals surface area contributed by atoms with Gasteiger partial charge in [0.05, 0.1) is 13.2 Å². The fourth-order valence-corrected chi connectivity index (χ4v) is 3.01. The van der Waals surface area contributed by atoms with E-state index >= 15 is 0 Å². The average Bonchev–Trinajstić information content (AvgIpc) is 2.72. The molecule has 1 fully saturated rings. The highest BCUT2D eigenvalue weighted by molar-refractivity contribution is 7.80. The zero-order valence-electron chi connectivity index (χ0n) is 15.3. The van der Waals surface area contributed by atoms with Crippen LogP contribution in [-0.2, 0) is 11.3 Å². The van der Waals surface area contributed by atoms with E-state index in [-0.39, 0.29) is 0 Å². The zero-order valence-corrected chi connectivity index (χ0v) is 16.1. The van der Waals surface area contributed by atoms with E-state index in [2.05, 4.69) is 46.4 Å². The predicted octanol–water partition coefficient (Wildman–Crippen LogP) is 3.57. The topological polar surface area (TPSA) is 45.8 Å². The average molecular weight is 384 g/mol. The molecule has 1 heterocycles. The first-order valence-corrected chi connectivity index (χ1v) is 9.45. The van der Waals surface area contributed by atoms with E-state index in [9.17, 15) is 0 Å². The van der Waals surface area contributed by atoms with Crippen molar-refractivity contribution < 1.29 is 9.47 Å². The van der Waals surface area contributed by atoms with E-state index in [4.69, 9.17) is 21.7 Å². The molecule has 0 saturated carbocycles. The Morgan fingerprint density at radius 3 is 2.70 bits per heavy atom. The van der Waals surface area contributed by atoms with Crippen molar-refractivity contribution >= 4 is 28.7 Å². The number of hydrogen-bond donors (Lipinski definition) is 2. The first-order valence-electron chi connectivity index (χ1n) is 9.05. The number of anilines is 2. The van der Waals surface area contributed by atoms with Crippen LogP contribution in [0.15, 0.2) is 61.2 Å². The van der Waals surface area contributed by atoms with Crippen LogP contribution in [0, 0.1) is 0 Å². The molecule has 0 amide bonds. The lowest BCUT2D eigenvalue weighted by Gasteiger charge is -2.28. The summed E-state index contributed by atoms with van der Waals surface area (Å²) < 4.78 is 10.9. The van der Waals surface area contributed by atoms with Crippen molar-refractivity contribution in [2.75, 3.05) is 43.1 Å². The maximum absolute atomic E-state index is 5.53. The molecule has 1 saturated heterocycles. The minimum absolute atomic E-state index is 0.479. The van der Waals surface area contributed by atoms with Gasteiger partial charge in [-0.05, 0) is 42.0 Å². The first-order chi connectivity index (χ1) is 13.2. The molecule has 1 aliphatic heterocycles. The molecule has 0 aliphatic carbocycles. The Bertz CT molecular complexity index is 758. The molecule has 0 bridgehead atoms. The number of rotatable bonds is 7. The van der Waals surface area contributed by atoms with Crippen molar-refractivity contribution in [2.45, 2.75) is 6.54 Å². The van der Waals surface area contributed by atoms with E-state index in [0.717, 1.165) is 37.7 Å². The molecule has 0 aromatic heterocycles. The lowest BCUT2D eigenvalue weighted by atomic mass is 10.2. The Balaban J connectivity index is 1.48. The van der Waals surface area contributed by atoms with Crippen LogP contribution in [0.5, 0.6) is 5.75 Å². The number of ether oxygens (including phenoxy) is 2. The van der Waals surface area contributed by atoms with Crippen LogP contribution in [0.4, 0.5) is 11.4 Å². The van der Waals surface area contributed by atoms with Gasteiger partial charge in [0.25, 0.3) is 0 Å². The van der Waals surface area contributed by atoms with E-state index in [1.807, 2.05) is 24.3 Å². The predicted molar refractivity (Wildman–Crippen MR) is 115 cm³/mol. The quantitative estimate of drug-likeness (QED) is 0.563. The van der Waals surface area contributed by atoms with Crippen molar-refractivity contribution in [1.29, 1.82) is 0 Å². The van der Waals surface area contributed by atoms with E-state index < -0.39 is 0 Å². The maximum Gasteiger partial charge on any atom is 0.171 e. The van der Waals surface area contributed by atoms with Gasteiger partial charge < -0.3 is 25.0 Å². The summed E-state index contributed by atoms with van der Waals surface area (Å²) in [6.45, 7) is 8.28. The molecule has 0 atom stereocenters. The van der Waals surface area contributed by atoms with E-state index in [1.165, 1.54) is 11.3 Å². The maximum atomic E-state index is 5.53. The Labute approximate surface area is 166 Å². The van der Waals surface area contributed by atoms with Gasteiger partial charge in [0.15, 0.2) is 5.11 Å². The Morgan fingerprint density at radius 1 is 1.19 bits per heavy atom. The van der Waals surface area contributed by atoms with Gasteiger partial charge in [-0.3, -0.25) is 0 Å². The van der Waals surface area contributed by atoms with Gasteiger partial charge in [-0.1, -0.05) is 30.9 Å². The van der Waals surface area contributed by atoms with Crippen molar-refractivity contribution in [1.82, 2.24) is 5.32 Å². The fraction of sp³-hybridized carbons (Fsp3) is 0.286. The summed E-state index contributed by atoms with van der Waals surface area (Å²) in [6.07, 6.45) is 1.72. The van der Waals surface area contributed by atoms with Gasteiger partial charge in [-0.2, -0.15) is 0 Å². The van der Waals surface area contributed by atoms with Gasteiger partial charge >= 0.3 is 0 Å². The highest BCUT2D eigenvalue weighted by atomic mass is 32.1. The molecule has 5 nitrogen and oxygen atoms in total. The molecular weight excluding hydrogens is 358 g/mol. The molecule has 6 heteroatoms. The second-order valence-electron chi connectivity index (χ2n) is 6.20. The Kier molecular flexibility index (Phi) is 7.07. The number of benzene rings is 2. The van der Waals surface area contributed by atoms with Crippen LogP contribution in [0.3, 0.4) is 0 Å². The minimum atomic E-state index is 0.479. The number of nitrogens with one attached hydrogen (secondary N) is 2. The van der Waals surface area contributed by atoms with E-state index in [1.54, 1.807) is 6.08 Å². The summed E-state index contributed by atoms with van der Waals surface area (Å²) in [5.41, 5.74) is 3.30. The summed E-state index contributed by atoms with van der Waals surface area (Å²) in [5.74, 6) is 0.779. The molecule has 0 radical (unpaired) electrons. The third kappa shape index (κ3) is 5.98. The zero-order chi connectivity index (χ0) is 18.9. The Hall–Kier alpha value is -2.57. The highest BCUT2D eigenvalue weighted by Crippen LogP contribution is 2.18. The molecule has 0 unspecified atom stereocenters. The summed E-state index contributed by atoms with van der Waals surface area (Å²) in [4.78, 5) is 2.34. The van der Waals surface area contributed by atoms with Gasteiger partial charge in [0.1, 0.15) is 12.4 Å². The molecule has 3 rings (SSSR count). The minimum Gasteiger partial charge on any atom is -0.489 e. The summed E-state index contributed by atoms with van der Waals surface area (Å²) in [6, 6.07) is 16.3. The van der Waals surface area contributed by atoms with Crippen LogP contribution in [0.25, 0.3) is 0 Å². The molecular formula is C21H25N3O2S. The lowest BCUT2D eigenvalue weighted by molar-refractivity contribution is 0.122. The smallest absolute Gasteiger partial charge is 0.171 e. The second kappa shape index (κ2) is 9.94. The number of nitrogens with zero attached hydrogens (tertiary/aromatic N) is 1. The van der Waals surface area contributed by atoms with Crippen molar-refractivity contribution in [2.24, 2.45) is 0 Å². The molecule has 2 aromatic rings. The first kappa shape index (κ1) is 19.2. The van der Waals surface area contributed by atoms with Crippen molar-refractivity contribution in [3.8, 4) is 5.75 Å². The molecule has 142 valence electrons. The Morgan fingerprint density at radius 2 is 1.96 bits per heavy atom. The van der Waals surface area contributed by atoms with Crippen LogP contribution in [0.1, 0.15) is 5.56 Å². The monoisotopic (exact) mass is 383 g/mol. The molecule has 27 heavy (non-hydrogen) atoms. The summed E-state index contributed by atoms with van der Waals surface area (Å²) in [5, 5.41) is 7.00. The SMILES string of the molecule is C=CCOc1cccc(NC(=S)NCc2ccc(N3CCOCC3)cc2)c1. The van der Waals surface area contributed by atoms with E-state index in [0.29, 0.717) is 18.3 Å². The number of hydrogen-bond acceptors (Lipinski definition) is 4. The third-order valence-corrected chi connectivity index (χ3v) is 4.47. The van der Waals surface area contributed by atoms with Crippen LogP contribution >= 0.6 is 12.2 Å². The van der Waals surface area contributed by atoms with Crippen molar-refractivity contribution in [3.63, 3.8) is 0 Å². The molecule has 1 aliphatic rings. The van der Waals surface area contributed by atoms with Crippen LogP contribution < -0.4 is 20.3 Å². The largest absolute Gasteiger partial charge is 0.489 e. The van der Waals surface area contributed by atoms with Crippen molar-refractivity contribution in [3.05, 3.63) is 66.7 Å². The lowest BCUT2D eigenvalue weighted by Crippen LogP contribution is -2.36. The fourth-order valence-electron chi connectivity index (χ4n) is 2.82. The van der Waals surface area contributed by atoms with Gasteiger partial charge in [0.2, 0.25) is 0 Å². The van der Waals surface area contributed by atoms with Crippen LogP contribution in [0.2, 0.25) is 0 Å². The highest BCUT2D eigenvalue weighted by Gasteiger charge is 2.10. The normalized spacial score (nSPS) is 13.7. The van der Waals surface area contributed by atoms with Crippen LogP contribution in [-0.4, -0.2) is 38.0 Å². The van der Waals surface area contributed by atoms with Gasteiger partial charge in [-0.15, -0.1) is 0 Å². The van der Waals surface area contributed by atoms with Gasteiger partial charge in [0, 0.05) is 37.1 Å². The number of thiocarbonyl (C=S) groups is 1. The molecule has 2 aromatic carbocycles.